The summed E-state index contributed by atoms with van der Waals surface area (Å²) >= 11 is 9.50. The molecule has 1 aliphatic rings. The number of carbonyl (C=O) groups is 1. The number of sulfonamides is 2. The van der Waals surface area contributed by atoms with Crippen LogP contribution in [-0.2, 0) is 20.0 Å². The monoisotopic (exact) mass is 611 g/mol. The van der Waals surface area contributed by atoms with Crippen molar-refractivity contribution in [2.24, 2.45) is 0 Å². The van der Waals surface area contributed by atoms with Crippen LogP contribution in [0.2, 0.25) is 5.02 Å². The maximum atomic E-state index is 13.0. The molecule has 190 valence electrons. The first-order valence-electron chi connectivity index (χ1n) is 11.1. The predicted octanol–water partition coefficient (Wildman–Crippen LogP) is 5.33. The third-order valence-corrected chi connectivity index (χ3v) is 9.80. The third kappa shape index (κ3) is 6.09. The zero-order valence-electron chi connectivity index (χ0n) is 18.9. The largest absolute Gasteiger partial charge is 0.322 e. The van der Waals surface area contributed by atoms with Gasteiger partial charge in [0.2, 0.25) is 10.0 Å². The lowest BCUT2D eigenvalue weighted by atomic mass is 10.2. The van der Waals surface area contributed by atoms with Crippen molar-refractivity contribution >= 4 is 64.9 Å². The standard InChI is InChI=1S/C24H23BrClN3O5S2/c25-17-4-6-19(7-5-17)28-35(31,32)20-10-8-18(9-11-20)27-24(30)22-16-21(12-13-23(22)26)36(33,34)29-14-2-1-3-15-29/h4-13,16,28H,1-3,14-15H2,(H,27,30). The van der Waals surface area contributed by atoms with E-state index in [1.807, 2.05) is 0 Å². The summed E-state index contributed by atoms with van der Waals surface area (Å²) in [6.45, 7) is 0.886. The van der Waals surface area contributed by atoms with Crippen molar-refractivity contribution in [2.75, 3.05) is 23.1 Å². The highest BCUT2D eigenvalue weighted by atomic mass is 79.9. The summed E-state index contributed by atoms with van der Waals surface area (Å²) in [7, 11) is -7.57. The molecule has 1 saturated heterocycles. The summed E-state index contributed by atoms with van der Waals surface area (Å²) in [4.78, 5) is 12.9. The van der Waals surface area contributed by atoms with Crippen LogP contribution >= 0.6 is 27.5 Å². The van der Waals surface area contributed by atoms with E-state index in [1.165, 1.54) is 46.8 Å². The van der Waals surface area contributed by atoms with Gasteiger partial charge in [0.15, 0.2) is 0 Å². The average molecular weight is 613 g/mol. The van der Waals surface area contributed by atoms with Gasteiger partial charge in [0.1, 0.15) is 0 Å². The molecule has 1 aliphatic heterocycles. The maximum absolute atomic E-state index is 13.0. The molecular formula is C24H23BrClN3O5S2. The molecule has 1 amide bonds. The molecule has 2 N–H and O–H groups in total. The number of benzene rings is 3. The third-order valence-electron chi connectivity index (χ3n) is 5.65. The fraction of sp³-hybridized carbons (Fsp3) is 0.208. The Balaban J connectivity index is 1.49. The average Bonchev–Trinajstić information content (AvgIpc) is 2.86. The number of rotatable bonds is 7. The Hall–Kier alpha value is -2.44. The second-order valence-electron chi connectivity index (χ2n) is 8.20. The fourth-order valence-corrected chi connectivity index (χ4v) is 6.81. The lowest BCUT2D eigenvalue weighted by molar-refractivity contribution is 0.102. The fourth-order valence-electron chi connectivity index (χ4n) is 3.74. The number of hydrogen-bond donors (Lipinski definition) is 2. The van der Waals surface area contributed by atoms with E-state index in [2.05, 4.69) is 26.0 Å². The molecule has 0 saturated carbocycles. The molecule has 12 heteroatoms. The van der Waals surface area contributed by atoms with E-state index in [0.29, 0.717) is 24.5 Å². The van der Waals surface area contributed by atoms with Gasteiger partial charge in [-0.25, -0.2) is 16.8 Å². The quantitative estimate of drug-likeness (QED) is 0.375. The zero-order chi connectivity index (χ0) is 25.9. The molecule has 1 heterocycles. The first kappa shape index (κ1) is 26.6. The highest BCUT2D eigenvalue weighted by molar-refractivity contribution is 9.10. The lowest BCUT2D eigenvalue weighted by Gasteiger charge is -2.26. The van der Waals surface area contributed by atoms with E-state index < -0.39 is 26.0 Å². The van der Waals surface area contributed by atoms with Crippen LogP contribution in [0.1, 0.15) is 29.6 Å². The molecule has 0 unspecified atom stereocenters. The van der Waals surface area contributed by atoms with E-state index >= 15 is 0 Å². The van der Waals surface area contributed by atoms with Crippen LogP contribution in [0.4, 0.5) is 11.4 Å². The summed E-state index contributed by atoms with van der Waals surface area (Å²) in [5, 5.41) is 2.74. The number of nitrogens with one attached hydrogen (secondary N) is 2. The number of carbonyl (C=O) groups excluding carboxylic acids is 1. The summed E-state index contributed by atoms with van der Waals surface area (Å²) < 4.78 is 56.0. The van der Waals surface area contributed by atoms with Crippen LogP contribution < -0.4 is 10.0 Å². The minimum absolute atomic E-state index is 0.000549. The number of amides is 1. The van der Waals surface area contributed by atoms with Gasteiger partial charge in [0, 0.05) is 28.9 Å². The van der Waals surface area contributed by atoms with Gasteiger partial charge in [-0.3, -0.25) is 9.52 Å². The Morgan fingerprint density at radius 3 is 2.03 bits per heavy atom. The normalized spacial score (nSPS) is 14.8. The van der Waals surface area contributed by atoms with Gasteiger partial charge in [0.25, 0.3) is 15.9 Å². The molecule has 3 aromatic carbocycles. The van der Waals surface area contributed by atoms with Gasteiger partial charge in [-0.15, -0.1) is 0 Å². The van der Waals surface area contributed by atoms with Crippen LogP contribution in [0, 0.1) is 0 Å². The van der Waals surface area contributed by atoms with E-state index in [4.69, 9.17) is 11.6 Å². The molecular weight excluding hydrogens is 590 g/mol. The summed E-state index contributed by atoms with van der Waals surface area (Å²) in [6, 6.07) is 16.3. The van der Waals surface area contributed by atoms with Gasteiger partial charge in [-0.2, -0.15) is 4.31 Å². The van der Waals surface area contributed by atoms with E-state index in [-0.39, 0.29) is 20.4 Å². The Kier molecular flexibility index (Phi) is 8.06. The van der Waals surface area contributed by atoms with Gasteiger partial charge in [0.05, 0.1) is 20.4 Å². The molecule has 1 fully saturated rings. The van der Waals surface area contributed by atoms with Gasteiger partial charge in [-0.05, 0) is 79.6 Å². The molecule has 0 spiro atoms. The van der Waals surface area contributed by atoms with Crippen molar-refractivity contribution in [3.05, 3.63) is 81.8 Å². The Bertz CT molecular complexity index is 1470. The molecule has 0 bridgehead atoms. The van der Waals surface area contributed by atoms with Gasteiger partial charge >= 0.3 is 0 Å². The summed E-state index contributed by atoms with van der Waals surface area (Å²) in [5.41, 5.74) is 0.732. The van der Waals surface area contributed by atoms with Crippen molar-refractivity contribution in [3.63, 3.8) is 0 Å². The Morgan fingerprint density at radius 1 is 0.806 bits per heavy atom. The predicted molar refractivity (Wildman–Crippen MR) is 143 cm³/mol. The molecule has 0 aliphatic carbocycles. The van der Waals surface area contributed by atoms with E-state index in [1.54, 1.807) is 24.3 Å². The first-order chi connectivity index (χ1) is 17.1. The molecule has 3 aromatic rings. The Morgan fingerprint density at radius 2 is 1.39 bits per heavy atom. The molecule has 0 atom stereocenters. The van der Waals surface area contributed by atoms with E-state index in [0.717, 1.165) is 23.7 Å². The highest BCUT2D eigenvalue weighted by Crippen LogP contribution is 2.26. The summed E-state index contributed by atoms with van der Waals surface area (Å²) in [5.74, 6) is -0.612. The maximum Gasteiger partial charge on any atom is 0.261 e. The van der Waals surface area contributed by atoms with Crippen LogP contribution in [0.5, 0.6) is 0 Å². The smallest absolute Gasteiger partial charge is 0.261 e. The van der Waals surface area contributed by atoms with Crippen LogP contribution in [0.15, 0.2) is 81.0 Å². The van der Waals surface area contributed by atoms with Crippen LogP contribution in [0.25, 0.3) is 0 Å². The minimum atomic E-state index is -3.83. The second-order valence-corrected chi connectivity index (χ2v) is 13.1. The van der Waals surface area contributed by atoms with Crippen LogP contribution in [0.3, 0.4) is 0 Å². The van der Waals surface area contributed by atoms with Gasteiger partial charge in [-0.1, -0.05) is 34.0 Å². The molecule has 0 aromatic heterocycles. The SMILES string of the molecule is O=C(Nc1ccc(S(=O)(=O)Nc2ccc(Br)cc2)cc1)c1cc(S(=O)(=O)N2CCCCC2)ccc1Cl. The van der Waals surface area contributed by atoms with Crippen molar-refractivity contribution < 1.29 is 21.6 Å². The molecule has 4 rings (SSSR count). The van der Waals surface area contributed by atoms with Gasteiger partial charge < -0.3 is 5.32 Å². The number of halogens is 2. The number of nitrogens with zero attached hydrogens (tertiary/aromatic N) is 1. The second kappa shape index (κ2) is 10.9. The van der Waals surface area contributed by atoms with Crippen LogP contribution in [-0.4, -0.2) is 40.1 Å². The topological polar surface area (TPSA) is 113 Å². The van der Waals surface area contributed by atoms with Crippen molar-refractivity contribution in [3.8, 4) is 0 Å². The lowest BCUT2D eigenvalue weighted by Crippen LogP contribution is -2.35. The van der Waals surface area contributed by atoms with Crippen molar-refractivity contribution in [1.82, 2.24) is 4.31 Å². The molecule has 8 nitrogen and oxygen atoms in total. The minimum Gasteiger partial charge on any atom is -0.322 e. The number of hydrogen-bond acceptors (Lipinski definition) is 5. The number of anilines is 2. The Labute approximate surface area is 223 Å². The molecule has 0 radical (unpaired) electrons. The molecule has 36 heavy (non-hydrogen) atoms. The first-order valence-corrected chi connectivity index (χ1v) is 15.2. The summed E-state index contributed by atoms with van der Waals surface area (Å²) in [6.07, 6.45) is 2.58. The number of piperidine rings is 1. The van der Waals surface area contributed by atoms with E-state index in [9.17, 15) is 21.6 Å². The van der Waals surface area contributed by atoms with Crippen molar-refractivity contribution in [1.29, 1.82) is 0 Å². The van der Waals surface area contributed by atoms with Crippen molar-refractivity contribution in [2.45, 2.75) is 29.1 Å². The zero-order valence-corrected chi connectivity index (χ0v) is 22.9. The highest BCUT2D eigenvalue weighted by Gasteiger charge is 2.27.